The van der Waals surface area contributed by atoms with Crippen LogP contribution >= 0.6 is 11.3 Å². The molecule has 86 valence electrons. The lowest BCUT2D eigenvalue weighted by molar-refractivity contribution is -0.150. The molecule has 0 saturated carbocycles. The maximum absolute atomic E-state index is 11.2. The number of hydrogen-bond donors (Lipinski definition) is 0. The van der Waals surface area contributed by atoms with Crippen LogP contribution in [0.2, 0.25) is 0 Å². The van der Waals surface area contributed by atoms with E-state index in [0.717, 1.165) is 0 Å². The largest absolute Gasteiger partial charge is 0.485 e. The van der Waals surface area contributed by atoms with E-state index in [4.69, 9.17) is 14.2 Å². The van der Waals surface area contributed by atoms with Crippen molar-refractivity contribution in [2.75, 3.05) is 13.2 Å². The minimum atomic E-state index is -0.357. The van der Waals surface area contributed by atoms with E-state index in [1.165, 1.54) is 17.4 Å². The van der Waals surface area contributed by atoms with Crippen LogP contribution in [0.3, 0.4) is 0 Å². The molecule has 0 amide bonds. The Hall–Kier alpha value is -1.49. The number of rotatable bonds is 3. The summed E-state index contributed by atoms with van der Waals surface area (Å²) in [5, 5.41) is 3.73. The molecule has 0 radical (unpaired) electrons. The number of carbonyl (C=O) groups is 1. The zero-order chi connectivity index (χ0) is 11.4. The van der Waals surface area contributed by atoms with Crippen LogP contribution in [0.4, 0.5) is 0 Å². The highest BCUT2D eigenvalue weighted by Crippen LogP contribution is 2.33. The molecule has 1 aromatic heterocycles. The second-order valence-electron chi connectivity index (χ2n) is 3.33. The number of thiophene rings is 1. The normalized spacial score (nSPS) is 15.2. The van der Waals surface area contributed by atoms with Crippen LogP contribution in [0.15, 0.2) is 23.4 Å². The predicted molar refractivity (Wildman–Crippen MR) is 60.0 cm³/mol. The van der Waals surface area contributed by atoms with Gasteiger partial charge in [0.25, 0.3) is 0 Å². The van der Waals surface area contributed by atoms with Gasteiger partial charge in [0.05, 0.1) is 6.42 Å². The van der Waals surface area contributed by atoms with E-state index in [9.17, 15) is 4.79 Å². The van der Waals surface area contributed by atoms with Crippen LogP contribution in [0, 0.1) is 0 Å². The van der Waals surface area contributed by atoms with Crippen molar-refractivity contribution in [1.82, 2.24) is 0 Å². The van der Waals surface area contributed by atoms with E-state index in [1.807, 2.05) is 10.8 Å². The summed E-state index contributed by atoms with van der Waals surface area (Å²) >= 11 is 1.52. The monoisotopic (exact) mass is 240 g/mol. The van der Waals surface area contributed by atoms with E-state index in [-0.39, 0.29) is 18.5 Å². The molecule has 1 aliphatic rings. The molecule has 0 atom stereocenters. The van der Waals surface area contributed by atoms with Gasteiger partial charge in [0.2, 0.25) is 0 Å². The third-order valence-corrected chi connectivity index (χ3v) is 2.75. The lowest BCUT2D eigenvalue weighted by atomic mass is 10.4. The maximum atomic E-state index is 11.2. The van der Waals surface area contributed by atoms with Gasteiger partial charge in [-0.15, -0.1) is 17.9 Å². The topological polar surface area (TPSA) is 44.8 Å². The third-order valence-electron chi connectivity index (χ3n) is 2.05. The van der Waals surface area contributed by atoms with Gasteiger partial charge in [0.1, 0.15) is 13.2 Å². The second kappa shape index (κ2) is 5.03. The molecular weight excluding hydrogens is 228 g/mol. The second-order valence-corrected chi connectivity index (χ2v) is 4.07. The predicted octanol–water partition coefficient (Wildman–Crippen LogP) is 2.01. The van der Waals surface area contributed by atoms with Crippen molar-refractivity contribution in [2.45, 2.75) is 12.5 Å². The zero-order valence-corrected chi connectivity index (χ0v) is 9.50. The molecule has 0 fully saturated rings. The summed E-state index contributed by atoms with van der Waals surface area (Å²) in [7, 11) is 0. The Kier molecular flexibility index (Phi) is 3.46. The summed E-state index contributed by atoms with van der Waals surface area (Å²) in [5.41, 5.74) is 0. The Morgan fingerprint density at radius 1 is 1.50 bits per heavy atom. The van der Waals surface area contributed by atoms with Gasteiger partial charge >= 0.3 is 5.97 Å². The smallest absolute Gasteiger partial charge is 0.310 e. The fraction of sp³-hybridized carbons (Fsp3) is 0.364. The van der Waals surface area contributed by atoms with Crippen molar-refractivity contribution in [3.05, 3.63) is 23.4 Å². The summed E-state index contributed by atoms with van der Waals surface area (Å²) in [6, 6.07) is 0. The number of hydrogen-bond acceptors (Lipinski definition) is 5. The van der Waals surface area contributed by atoms with Crippen LogP contribution in [0.5, 0.6) is 11.5 Å². The third kappa shape index (κ3) is 2.55. The first-order chi connectivity index (χ1) is 7.79. The molecule has 4 nitrogen and oxygen atoms in total. The standard InChI is InChI=1S/C11H12O4S/c1-2-3-11(12)15-8-4-13-9-6-16-7-10(9)14-5-8/h2,6-8H,1,3-5H2. The van der Waals surface area contributed by atoms with Gasteiger partial charge in [0.15, 0.2) is 17.6 Å². The van der Waals surface area contributed by atoms with Crippen molar-refractivity contribution < 1.29 is 19.0 Å². The average Bonchev–Trinajstić information content (AvgIpc) is 2.63. The van der Waals surface area contributed by atoms with Crippen LogP contribution in [-0.2, 0) is 9.53 Å². The van der Waals surface area contributed by atoms with Gasteiger partial charge < -0.3 is 14.2 Å². The average molecular weight is 240 g/mol. The highest BCUT2D eigenvalue weighted by Gasteiger charge is 2.21. The Labute approximate surface area is 97.4 Å². The Bertz CT molecular complexity index is 363. The molecule has 1 aromatic rings. The molecule has 16 heavy (non-hydrogen) atoms. The van der Waals surface area contributed by atoms with E-state index >= 15 is 0 Å². The maximum Gasteiger partial charge on any atom is 0.310 e. The molecule has 0 saturated heterocycles. The number of ether oxygens (including phenoxy) is 3. The van der Waals surface area contributed by atoms with Crippen LogP contribution in [-0.4, -0.2) is 25.3 Å². The quantitative estimate of drug-likeness (QED) is 0.599. The summed E-state index contributed by atoms with van der Waals surface area (Å²) in [5.74, 6) is 1.12. The summed E-state index contributed by atoms with van der Waals surface area (Å²) in [4.78, 5) is 11.2. The molecule has 0 unspecified atom stereocenters. The summed E-state index contributed by atoms with van der Waals surface area (Å²) in [6.07, 6.45) is 1.36. The lowest BCUT2D eigenvalue weighted by Crippen LogP contribution is -2.29. The van der Waals surface area contributed by atoms with Crippen molar-refractivity contribution in [3.8, 4) is 11.5 Å². The zero-order valence-electron chi connectivity index (χ0n) is 8.68. The van der Waals surface area contributed by atoms with E-state index in [1.54, 1.807) is 0 Å². The van der Waals surface area contributed by atoms with Crippen LogP contribution in [0.1, 0.15) is 6.42 Å². The van der Waals surface area contributed by atoms with Gasteiger partial charge in [-0.25, -0.2) is 0 Å². The van der Waals surface area contributed by atoms with Gasteiger partial charge in [-0.2, -0.15) is 0 Å². The Balaban J connectivity index is 1.89. The van der Waals surface area contributed by atoms with E-state index in [0.29, 0.717) is 24.7 Å². The first-order valence-electron chi connectivity index (χ1n) is 4.91. The van der Waals surface area contributed by atoms with Crippen molar-refractivity contribution in [3.63, 3.8) is 0 Å². The first kappa shape index (κ1) is 11.0. The minimum absolute atomic E-state index is 0.206. The van der Waals surface area contributed by atoms with E-state index in [2.05, 4.69) is 6.58 Å². The van der Waals surface area contributed by atoms with Crippen molar-refractivity contribution in [2.24, 2.45) is 0 Å². The molecule has 0 aliphatic carbocycles. The van der Waals surface area contributed by atoms with Gasteiger partial charge in [-0.05, 0) is 0 Å². The fourth-order valence-electron chi connectivity index (χ4n) is 1.32. The molecule has 0 bridgehead atoms. The number of carbonyl (C=O) groups excluding carboxylic acids is 1. The fourth-order valence-corrected chi connectivity index (χ4v) is 2.00. The van der Waals surface area contributed by atoms with Crippen LogP contribution in [0.25, 0.3) is 0 Å². The van der Waals surface area contributed by atoms with E-state index < -0.39 is 0 Å². The highest BCUT2D eigenvalue weighted by molar-refractivity contribution is 7.08. The van der Waals surface area contributed by atoms with Crippen molar-refractivity contribution in [1.29, 1.82) is 0 Å². The SMILES string of the molecule is C=CCC(=O)OC1COc2cscc2OC1. The van der Waals surface area contributed by atoms with Gasteiger partial charge in [-0.3, -0.25) is 4.79 Å². The molecule has 5 heteroatoms. The number of fused-ring (bicyclic) bond motifs is 1. The molecular formula is C11H12O4S. The molecule has 0 spiro atoms. The minimum Gasteiger partial charge on any atom is -0.485 e. The molecule has 2 rings (SSSR count). The lowest BCUT2D eigenvalue weighted by Gasteiger charge is -2.13. The molecule has 2 heterocycles. The molecule has 0 N–H and O–H groups in total. The Morgan fingerprint density at radius 2 is 2.12 bits per heavy atom. The number of esters is 1. The summed E-state index contributed by atoms with van der Waals surface area (Å²) < 4.78 is 16.1. The Morgan fingerprint density at radius 3 is 2.69 bits per heavy atom. The molecule has 1 aliphatic heterocycles. The van der Waals surface area contributed by atoms with Gasteiger partial charge in [-0.1, -0.05) is 6.08 Å². The highest BCUT2D eigenvalue weighted by atomic mass is 32.1. The van der Waals surface area contributed by atoms with Gasteiger partial charge in [0, 0.05) is 10.8 Å². The molecule has 0 aromatic carbocycles. The van der Waals surface area contributed by atoms with Crippen molar-refractivity contribution >= 4 is 17.3 Å². The first-order valence-corrected chi connectivity index (χ1v) is 5.86. The summed E-state index contributed by atoms with van der Waals surface area (Å²) in [6.45, 7) is 4.13. The van der Waals surface area contributed by atoms with Crippen LogP contribution < -0.4 is 9.47 Å².